The number of oxime groups is 1. The van der Waals surface area contributed by atoms with Gasteiger partial charge in [0.25, 0.3) is 0 Å². The summed E-state index contributed by atoms with van der Waals surface area (Å²) in [6.45, 7) is 5.48. The fourth-order valence-electron chi connectivity index (χ4n) is 3.86. The number of ether oxygens (including phenoxy) is 1. The second-order valence-electron chi connectivity index (χ2n) is 9.26. The standard InChI is InChI=1S/C30H29N3O5S.Li/c1-4-29(2,3)37-28(36)32-27-31-24(20-39-27)25(26(34)35)33-38-30(21-14-8-5-9-15-21,22-16-10-6-11-17-22)23-18-12-7-13-19-23;/h5-20H,4H2,1-3H3,(H,34,35)(H,31,32,36);/q;+1/p-1. The maximum absolute atomic E-state index is 12.3. The summed E-state index contributed by atoms with van der Waals surface area (Å²) in [6.07, 6.45) is -0.0730. The zero-order valence-electron chi connectivity index (χ0n) is 22.8. The van der Waals surface area contributed by atoms with Crippen molar-refractivity contribution in [3.8, 4) is 0 Å². The summed E-state index contributed by atoms with van der Waals surface area (Å²) < 4.78 is 5.38. The van der Waals surface area contributed by atoms with Gasteiger partial charge in [-0.05, 0) is 20.3 Å². The van der Waals surface area contributed by atoms with Crippen molar-refractivity contribution < 1.29 is 43.1 Å². The molecule has 0 spiro atoms. The van der Waals surface area contributed by atoms with E-state index < -0.39 is 29.0 Å². The van der Waals surface area contributed by atoms with Crippen LogP contribution in [0.2, 0.25) is 0 Å². The number of thiazole rings is 1. The monoisotopic (exact) mass is 549 g/mol. The number of hydrogen-bond acceptors (Lipinski definition) is 8. The SMILES string of the molecule is CCC(C)(C)OC(=O)Nc1nc(C(=NOC(c2ccccc2)(c2ccccc2)c2ccccc2)C(=O)[O-])cs1.[Li+]. The van der Waals surface area contributed by atoms with Crippen LogP contribution in [-0.2, 0) is 20.0 Å². The van der Waals surface area contributed by atoms with Crippen molar-refractivity contribution in [2.75, 3.05) is 5.32 Å². The summed E-state index contributed by atoms with van der Waals surface area (Å²) in [4.78, 5) is 35.0. The summed E-state index contributed by atoms with van der Waals surface area (Å²) >= 11 is 1.03. The first-order chi connectivity index (χ1) is 18.7. The molecule has 0 atom stereocenters. The second-order valence-corrected chi connectivity index (χ2v) is 10.1. The van der Waals surface area contributed by atoms with E-state index in [2.05, 4.69) is 15.5 Å². The van der Waals surface area contributed by atoms with Gasteiger partial charge in [-0.15, -0.1) is 11.3 Å². The Balaban J connectivity index is 0.00000441. The molecule has 0 aliphatic carbocycles. The molecule has 1 N–H and O–H groups in total. The third-order valence-electron chi connectivity index (χ3n) is 6.18. The number of amides is 1. The van der Waals surface area contributed by atoms with Crippen LogP contribution in [0.1, 0.15) is 49.6 Å². The molecule has 4 aromatic rings. The van der Waals surface area contributed by atoms with E-state index >= 15 is 0 Å². The van der Waals surface area contributed by atoms with Gasteiger partial charge in [-0.3, -0.25) is 5.32 Å². The average molecular weight is 550 g/mol. The van der Waals surface area contributed by atoms with Crippen LogP contribution in [0.15, 0.2) is 102 Å². The van der Waals surface area contributed by atoms with Gasteiger partial charge in [0.05, 0.1) is 5.97 Å². The van der Waals surface area contributed by atoms with Gasteiger partial charge in [0.15, 0.2) is 10.8 Å². The van der Waals surface area contributed by atoms with E-state index in [1.807, 2.05) is 97.9 Å². The van der Waals surface area contributed by atoms with Crippen molar-refractivity contribution >= 4 is 34.2 Å². The summed E-state index contributed by atoms with van der Waals surface area (Å²) in [5, 5.41) is 20.5. The number of carbonyl (C=O) groups is 2. The summed E-state index contributed by atoms with van der Waals surface area (Å²) in [5.41, 5.74) is -0.258. The molecule has 10 heteroatoms. The maximum atomic E-state index is 12.3. The molecule has 0 saturated carbocycles. The second kappa shape index (κ2) is 13.4. The third-order valence-corrected chi connectivity index (χ3v) is 6.94. The number of anilines is 1. The van der Waals surface area contributed by atoms with E-state index in [1.54, 1.807) is 13.8 Å². The summed E-state index contributed by atoms with van der Waals surface area (Å²) in [5.74, 6) is -1.58. The Morgan fingerprint density at radius 2 is 1.38 bits per heavy atom. The minimum absolute atomic E-state index is 0. The van der Waals surface area contributed by atoms with Crippen LogP contribution in [0.4, 0.5) is 9.93 Å². The molecule has 4 rings (SSSR count). The smallest absolute Gasteiger partial charge is 0.543 e. The fraction of sp³-hybridized carbons (Fsp3) is 0.200. The number of nitrogens with one attached hydrogen (secondary N) is 1. The Morgan fingerprint density at radius 3 is 1.80 bits per heavy atom. The predicted molar refractivity (Wildman–Crippen MR) is 148 cm³/mol. The van der Waals surface area contributed by atoms with Crippen LogP contribution >= 0.6 is 11.3 Å². The van der Waals surface area contributed by atoms with Crippen LogP contribution < -0.4 is 29.3 Å². The summed E-state index contributed by atoms with van der Waals surface area (Å²) in [7, 11) is 0. The number of nitrogens with zero attached hydrogens (tertiary/aromatic N) is 2. The van der Waals surface area contributed by atoms with Crippen LogP contribution in [0, 0.1) is 0 Å². The topological polar surface area (TPSA) is 113 Å². The van der Waals surface area contributed by atoms with Crippen molar-refractivity contribution in [3.05, 3.63) is 119 Å². The molecule has 0 aliphatic rings. The Labute approximate surface area is 249 Å². The molecule has 0 bridgehead atoms. The van der Waals surface area contributed by atoms with Crippen LogP contribution in [0.25, 0.3) is 0 Å². The molecule has 1 amide bonds. The van der Waals surface area contributed by atoms with Crippen LogP contribution in [0.5, 0.6) is 0 Å². The number of carboxylic acids is 1. The Hall–Kier alpha value is -3.90. The largest absolute Gasteiger partial charge is 1.00 e. The first-order valence-electron chi connectivity index (χ1n) is 12.3. The molecule has 8 nitrogen and oxygen atoms in total. The van der Waals surface area contributed by atoms with Crippen LogP contribution in [0.3, 0.4) is 0 Å². The number of aliphatic carboxylic acids is 1. The molecule has 1 aromatic heterocycles. The van der Waals surface area contributed by atoms with Crippen LogP contribution in [-0.4, -0.2) is 28.4 Å². The molecular formula is C30H28LiN3O5S. The first kappa shape index (κ1) is 30.6. The zero-order valence-corrected chi connectivity index (χ0v) is 23.6. The molecule has 200 valence electrons. The van der Waals surface area contributed by atoms with Gasteiger partial charge in [0.2, 0.25) is 5.60 Å². The minimum Gasteiger partial charge on any atom is -0.543 e. The zero-order chi connectivity index (χ0) is 27.9. The van der Waals surface area contributed by atoms with Gasteiger partial charge in [0.1, 0.15) is 11.3 Å². The molecule has 40 heavy (non-hydrogen) atoms. The van der Waals surface area contributed by atoms with E-state index in [0.29, 0.717) is 6.42 Å². The number of carbonyl (C=O) groups excluding carboxylic acids is 2. The fourth-order valence-corrected chi connectivity index (χ4v) is 4.54. The van der Waals surface area contributed by atoms with Crippen molar-refractivity contribution in [2.24, 2.45) is 5.16 Å². The van der Waals surface area contributed by atoms with E-state index in [1.165, 1.54) is 5.38 Å². The Morgan fingerprint density at radius 1 is 0.900 bits per heavy atom. The predicted octanol–water partition coefficient (Wildman–Crippen LogP) is 2.35. The number of hydrogen-bond donors (Lipinski definition) is 1. The molecular weight excluding hydrogens is 521 g/mol. The number of benzene rings is 3. The maximum Gasteiger partial charge on any atom is 1.00 e. The van der Waals surface area contributed by atoms with E-state index in [-0.39, 0.29) is 29.7 Å². The normalized spacial score (nSPS) is 11.7. The molecule has 0 aliphatic heterocycles. The Kier molecular flexibility index (Phi) is 10.3. The van der Waals surface area contributed by atoms with Gasteiger partial charge in [-0.25, -0.2) is 9.78 Å². The third kappa shape index (κ3) is 6.99. The van der Waals surface area contributed by atoms with Crippen molar-refractivity contribution in [1.82, 2.24) is 4.98 Å². The van der Waals surface area contributed by atoms with Gasteiger partial charge in [-0.2, -0.15) is 0 Å². The van der Waals surface area contributed by atoms with Gasteiger partial charge < -0.3 is 19.5 Å². The van der Waals surface area contributed by atoms with E-state index in [0.717, 1.165) is 28.0 Å². The molecule has 0 saturated heterocycles. The molecule has 0 unspecified atom stereocenters. The van der Waals surface area contributed by atoms with Gasteiger partial charge in [0, 0.05) is 22.1 Å². The molecule has 0 radical (unpaired) electrons. The number of carboxylic acid groups (broad SMARTS) is 1. The molecule has 1 heterocycles. The van der Waals surface area contributed by atoms with E-state index in [4.69, 9.17) is 9.57 Å². The number of aromatic nitrogens is 1. The average Bonchev–Trinajstić information content (AvgIpc) is 3.39. The van der Waals surface area contributed by atoms with E-state index in [9.17, 15) is 14.7 Å². The quantitative estimate of drug-likeness (QED) is 0.141. The Bertz CT molecular complexity index is 1350. The summed E-state index contributed by atoms with van der Waals surface area (Å²) in [6, 6.07) is 28.3. The van der Waals surface area contributed by atoms with Gasteiger partial charge >= 0.3 is 25.0 Å². The molecule has 3 aromatic carbocycles. The first-order valence-corrected chi connectivity index (χ1v) is 13.2. The van der Waals surface area contributed by atoms with Gasteiger partial charge in [-0.1, -0.05) is 103 Å². The van der Waals surface area contributed by atoms with Crippen molar-refractivity contribution in [2.45, 2.75) is 38.4 Å². The minimum atomic E-state index is -1.58. The molecule has 0 fully saturated rings. The van der Waals surface area contributed by atoms with Crippen molar-refractivity contribution in [3.63, 3.8) is 0 Å². The number of rotatable bonds is 10. The van der Waals surface area contributed by atoms with Crippen molar-refractivity contribution in [1.29, 1.82) is 0 Å².